The molecule has 3 N–H and O–H groups in total. The first-order valence-corrected chi connectivity index (χ1v) is 5.57. The Labute approximate surface area is 110 Å². The van der Waals surface area contributed by atoms with Crippen LogP contribution in [0.3, 0.4) is 0 Å². The van der Waals surface area contributed by atoms with E-state index in [2.05, 4.69) is 5.32 Å². The number of nitrogens with one attached hydrogen (secondary N) is 1. The van der Waals surface area contributed by atoms with Gasteiger partial charge in [0.05, 0.1) is 0 Å². The molecular weight excluding hydrogens is 262 g/mol. The van der Waals surface area contributed by atoms with Crippen LogP contribution in [0, 0.1) is 17.6 Å². The van der Waals surface area contributed by atoms with Crippen LogP contribution in [-0.4, -0.2) is 18.5 Å². The van der Waals surface area contributed by atoms with Gasteiger partial charge in [-0.2, -0.15) is 0 Å². The summed E-state index contributed by atoms with van der Waals surface area (Å²) in [5, 5.41) is 2.61. The molecular formula is C12H15ClF2N2O. The Morgan fingerprint density at radius 3 is 2.61 bits per heavy atom. The molecule has 3 nitrogen and oxygen atoms in total. The van der Waals surface area contributed by atoms with Crippen molar-refractivity contribution in [2.45, 2.75) is 18.9 Å². The molecule has 0 radical (unpaired) electrons. The van der Waals surface area contributed by atoms with Crippen molar-refractivity contribution in [1.82, 2.24) is 5.32 Å². The van der Waals surface area contributed by atoms with Crippen molar-refractivity contribution in [3.05, 3.63) is 35.4 Å². The number of nitrogens with two attached hydrogens (primary N) is 1. The first-order valence-electron chi connectivity index (χ1n) is 5.57. The molecule has 1 atom stereocenters. The van der Waals surface area contributed by atoms with E-state index in [1.165, 1.54) is 6.07 Å². The van der Waals surface area contributed by atoms with Crippen LogP contribution in [0.15, 0.2) is 18.2 Å². The Hall–Kier alpha value is -1.20. The second-order valence-corrected chi connectivity index (χ2v) is 4.34. The van der Waals surface area contributed by atoms with Crippen LogP contribution in [0.1, 0.15) is 23.2 Å². The lowest BCUT2D eigenvalue weighted by atomic mass is 10.1. The van der Waals surface area contributed by atoms with Crippen LogP contribution in [-0.2, 0) is 0 Å². The number of rotatable bonds is 4. The topological polar surface area (TPSA) is 55.1 Å². The smallest absolute Gasteiger partial charge is 0.251 e. The lowest BCUT2D eigenvalue weighted by Gasteiger charge is -2.11. The van der Waals surface area contributed by atoms with E-state index in [1.54, 1.807) is 0 Å². The monoisotopic (exact) mass is 276 g/mol. The number of halogens is 3. The molecule has 0 aromatic heterocycles. The van der Waals surface area contributed by atoms with Crippen molar-refractivity contribution in [2.75, 3.05) is 6.54 Å². The van der Waals surface area contributed by atoms with E-state index in [9.17, 15) is 13.6 Å². The largest absolute Gasteiger partial charge is 0.350 e. The van der Waals surface area contributed by atoms with Gasteiger partial charge < -0.3 is 11.1 Å². The molecule has 0 saturated heterocycles. The van der Waals surface area contributed by atoms with Crippen molar-refractivity contribution in [1.29, 1.82) is 0 Å². The number of carbonyl (C=O) groups is 1. The molecule has 0 heterocycles. The van der Waals surface area contributed by atoms with E-state index in [1.807, 2.05) is 0 Å². The maximum absolute atomic E-state index is 12.9. The Kier molecular flexibility index (Phi) is 5.04. The minimum Gasteiger partial charge on any atom is -0.350 e. The maximum Gasteiger partial charge on any atom is 0.251 e. The number of carbonyl (C=O) groups excluding carboxylic acids is 1. The molecule has 100 valence electrons. The van der Waals surface area contributed by atoms with Crippen molar-refractivity contribution >= 4 is 18.3 Å². The van der Waals surface area contributed by atoms with Gasteiger partial charge in [-0.1, -0.05) is 0 Å². The third-order valence-electron chi connectivity index (χ3n) is 2.91. The zero-order valence-corrected chi connectivity index (χ0v) is 10.5. The first kappa shape index (κ1) is 14.9. The molecule has 6 heteroatoms. The number of amides is 1. The Morgan fingerprint density at radius 2 is 2.06 bits per heavy atom. The standard InChI is InChI=1S/C12H14F2N2O.ClH/c13-9-4-3-8(5-10(9)14)12(17)16-6-11(15)7-1-2-7;/h3-5,7,11H,1-2,6,15H2,(H,16,17);1H. The number of hydrogen-bond donors (Lipinski definition) is 2. The minimum atomic E-state index is -1.02. The van der Waals surface area contributed by atoms with Gasteiger partial charge in [0.15, 0.2) is 11.6 Å². The highest BCUT2D eigenvalue weighted by Gasteiger charge is 2.28. The predicted molar refractivity (Wildman–Crippen MR) is 66.6 cm³/mol. The van der Waals surface area contributed by atoms with E-state index >= 15 is 0 Å². The lowest BCUT2D eigenvalue weighted by molar-refractivity contribution is 0.0949. The van der Waals surface area contributed by atoms with Gasteiger partial charge in [-0.05, 0) is 37.0 Å². The molecule has 1 amide bonds. The van der Waals surface area contributed by atoms with E-state index in [0.29, 0.717) is 12.5 Å². The second-order valence-electron chi connectivity index (χ2n) is 4.34. The lowest BCUT2D eigenvalue weighted by Crippen LogP contribution is -2.38. The summed E-state index contributed by atoms with van der Waals surface area (Å²) < 4.78 is 25.6. The molecule has 0 spiro atoms. The van der Waals surface area contributed by atoms with Crippen molar-refractivity contribution < 1.29 is 13.6 Å². The van der Waals surface area contributed by atoms with Gasteiger partial charge in [0.25, 0.3) is 5.91 Å². The van der Waals surface area contributed by atoms with Crippen molar-refractivity contribution in [3.8, 4) is 0 Å². The minimum absolute atomic E-state index is 0. The van der Waals surface area contributed by atoms with Crippen LogP contribution in [0.2, 0.25) is 0 Å². The van der Waals surface area contributed by atoms with Gasteiger partial charge in [-0.15, -0.1) is 12.4 Å². The highest BCUT2D eigenvalue weighted by molar-refractivity contribution is 5.94. The highest BCUT2D eigenvalue weighted by atomic mass is 35.5. The van der Waals surface area contributed by atoms with Gasteiger partial charge >= 0.3 is 0 Å². The quantitative estimate of drug-likeness (QED) is 0.882. The highest BCUT2D eigenvalue weighted by Crippen LogP contribution is 2.31. The molecule has 1 fully saturated rings. The molecule has 1 aliphatic rings. The summed E-state index contributed by atoms with van der Waals surface area (Å²) in [5.41, 5.74) is 5.91. The van der Waals surface area contributed by atoms with Gasteiger partial charge in [0, 0.05) is 18.2 Å². The van der Waals surface area contributed by atoms with Crippen LogP contribution in [0.5, 0.6) is 0 Å². The third kappa shape index (κ3) is 3.65. The van der Waals surface area contributed by atoms with Crippen LogP contribution < -0.4 is 11.1 Å². The zero-order valence-electron chi connectivity index (χ0n) is 9.66. The Morgan fingerprint density at radius 1 is 1.39 bits per heavy atom. The van der Waals surface area contributed by atoms with E-state index < -0.39 is 17.5 Å². The normalized spacial score (nSPS) is 15.7. The number of hydrogen-bond acceptors (Lipinski definition) is 2. The molecule has 2 rings (SSSR count). The summed E-state index contributed by atoms with van der Waals surface area (Å²) in [5.74, 6) is -1.93. The second kappa shape index (κ2) is 6.11. The summed E-state index contributed by atoms with van der Waals surface area (Å²) in [6, 6.07) is 3.01. The molecule has 18 heavy (non-hydrogen) atoms. The van der Waals surface area contributed by atoms with Gasteiger partial charge in [-0.3, -0.25) is 4.79 Å². The predicted octanol–water partition coefficient (Wildman–Crippen LogP) is 1.85. The third-order valence-corrected chi connectivity index (χ3v) is 2.91. The van der Waals surface area contributed by atoms with Crippen LogP contribution >= 0.6 is 12.4 Å². The molecule has 0 bridgehead atoms. The average molecular weight is 277 g/mol. The molecule has 1 aliphatic carbocycles. The molecule has 1 aromatic carbocycles. The molecule has 1 aromatic rings. The van der Waals surface area contributed by atoms with Gasteiger partial charge in [0.2, 0.25) is 0 Å². The molecule has 1 unspecified atom stereocenters. The summed E-state index contributed by atoms with van der Waals surface area (Å²) in [7, 11) is 0. The van der Waals surface area contributed by atoms with Gasteiger partial charge in [0.1, 0.15) is 0 Å². The summed E-state index contributed by atoms with van der Waals surface area (Å²) in [6.45, 7) is 0.364. The van der Waals surface area contributed by atoms with E-state index in [0.717, 1.165) is 25.0 Å². The van der Waals surface area contributed by atoms with E-state index in [-0.39, 0.29) is 24.0 Å². The zero-order chi connectivity index (χ0) is 12.4. The molecule has 0 aliphatic heterocycles. The molecule has 1 saturated carbocycles. The fourth-order valence-electron chi connectivity index (χ4n) is 1.64. The van der Waals surface area contributed by atoms with Crippen LogP contribution in [0.25, 0.3) is 0 Å². The van der Waals surface area contributed by atoms with Crippen molar-refractivity contribution in [2.24, 2.45) is 11.7 Å². The summed E-state index contributed by atoms with van der Waals surface area (Å²) >= 11 is 0. The average Bonchev–Trinajstić information content (AvgIpc) is 3.13. The van der Waals surface area contributed by atoms with Crippen molar-refractivity contribution in [3.63, 3.8) is 0 Å². The first-order chi connectivity index (χ1) is 8.08. The Bertz CT molecular complexity index is 438. The Balaban J connectivity index is 0.00000162. The fourth-order valence-corrected chi connectivity index (χ4v) is 1.64. The maximum atomic E-state index is 12.9. The van der Waals surface area contributed by atoms with E-state index in [4.69, 9.17) is 5.73 Å². The number of benzene rings is 1. The fraction of sp³-hybridized carbons (Fsp3) is 0.417. The van der Waals surface area contributed by atoms with Crippen LogP contribution in [0.4, 0.5) is 8.78 Å². The SMILES string of the molecule is Cl.NC(CNC(=O)c1ccc(F)c(F)c1)C1CC1. The summed E-state index contributed by atoms with van der Waals surface area (Å²) in [4.78, 5) is 11.6. The van der Waals surface area contributed by atoms with Gasteiger partial charge in [-0.25, -0.2) is 8.78 Å². The summed E-state index contributed by atoms with van der Waals surface area (Å²) in [6.07, 6.45) is 2.20.